The van der Waals surface area contributed by atoms with E-state index in [1.807, 2.05) is 43.3 Å². The molecule has 0 unspecified atom stereocenters. The van der Waals surface area contributed by atoms with Gasteiger partial charge in [-0.25, -0.2) is 4.98 Å². The zero-order chi connectivity index (χ0) is 13.5. The molecule has 1 aromatic carbocycles. The molecule has 5 heteroatoms. The molecule has 0 amide bonds. The van der Waals surface area contributed by atoms with Gasteiger partial charge in [0, 0.05) is 12.2 Å². The second-order valence-corrected chi connectivity index (χ2v) is 4.00. The molecule has 0 aliphatic heterocycles. The third-order valence-electron chi connectivity index (χ3n) is 2.42. The lowest BCUT2D eigenvalue weighted by Gasteiger charge is -2.08. The van der Waals surface area contributed by atoms with Gasteiger partial charge in [-0.2, -0.15) is 4.98 Å². The SMILES string of the molecule is Cc1cc(CN)nc(OCCOc2ccccc2)n1. The minimum absolute atomic E-state index is 0.345. The lowest BCUT2D eigenvalue weighted by Crippen LogP contribution is -2.12. The summed E-state index contributed by atoms with van der Waals surface area (Å²) >= 11 is 0. The predicted molar refractivity (Wildman–Crippen MR) is 72.1 cm³/mol. The number of hydrogen-bond acceptors (Lipinski definition) is 5. The van der Waals surface area contributed by atoms with Crippen molar-refractivity contribution in [3.05, 3.63) is 47.8 Å². The Balaban J connectivity index is 1.81. The normalized spacial score (nSPS) is 10.2. The molecule has 0 saturated heterocycles. The van der Waals surface area contributed by atoms with Gasteiger partial charge in [-0.05, 0) is 25.1 Å². The van der Waals surface area contributed by atoms with Crippen LogP contribution in [0.15, 0.2) is 36.4 Å². The maximum atomic E-state index is 5.55. The van der Waals surface area contributed by atoms with Gasteiger partial charge < -0.3 is 15.2 Å². The van der Waals surface area contributed by atoms with Gasteiger partial charge in [-0.3, -0.25) is 0 Å². The molecule has 5 nitrogen and oxygen atoms in total. The zero-order valence-electron chi connectivity index (χ0n) is 10.9. The van der Waals surface area contributed by atoms with Crippen LogP contribution in [-0.2, 0) is 6.54 Å². The lowest BCUT2D eigenvalue weighted by atomic mass is 10.3. The highest BCUT2D eigenvalue weighted by molar-refractivity contribution is 5.20. The average Bonchev–Trinajstić information content (AvgIpc) is 2.44. The number of benzene rings is 1. The fourth-order valence-corrected chi connectivity index (χ4v) is 1.58. The molecule has 2 rings (SSSR count). The van der Waals surface area contributed by atoms with Crippen molar-refractivity contribution in [1.82, 2.24) is 9.97 Å². The zero-order valence-corrected chi connectivity index (χ0v) is 10.9. The van der Waals surface area contributed by atoms with E-state index in [1.165, 1.54) is 0 Å². The van der Waals surface area contributed by atoms with Crippen LogP contribution in [0.2, 0.25) is 0 Å². The summed E-state index contributed by atoms with van der Waals surface area (Å²) in [5.74, 6) is 0.818. The Labute approximate surface area is 112 Å². The van der Waals surface area contributed by atoms with E-state index in [4.69, 9.17) is 15.2 Å². The van der Waals surface area contributed by atoms with Crippen molar-refractivity contribution >= 4 is 0 Å². The summed E-state index contributed by atoms with van der Waals surface area (Å²) in [6.45, 7) is 3.09. The monoisotopic (exact) mass is 259 g/mol. The smallest absolute Gasteiger partial charge is 0.316 e. The Morgan fingerprint density at radius 2 is 1.79 bits per heavy atom. The fourth-order valence-electron chi connectivity index (χ4n) is 1.58. The summed E-state index contributed by atoms with van der Waals surface area (Å²) in [5.41, 5.74) is 7.16. The first-order valence-electron chi connectivity index (χ1n) is 6.13. The fraction of sp³-hybridized carbons (Fsp3) is 0.286. The van der Waals surface area contributed by atoms with Gasteiger partial charge in [0.1, 0.15) is 19.0 Å². The number of hydrogen-bond donors (Lipinski definition) is 1. The number of nitrogens with two attached hydrogens (primary N) is 1. The van der Waals surface area contributed by atoms with Crippen molar-refractivity contribution in [2.75, 3.05) is 13.2 Å². The van der Waals surface area contributed by atoms with E-state index in [9.17, 15) is 0 Å². The molecule has 0 aliphatic carbocycles. The molecule has 1 aromatic heterocycles. The summed E-state index contributed by atoms with van der Waals surface area (Å²) in [5, 5.41) is 0. The van der Waals surface area contributed by atoms with Crippen molar-refractivity contribution in [2.45, 2.75) is 13.5 Å². The van der Waals surface area contributed by atoms with Crippen LogP contribution in [0, 0.1) is 6.92 Å². The highest BCUT2D eigenvalue weighted by Gasteiger charge is 2.02. The minimum atomic E-state index is 0.345. The first-order valence-corrected chi connectivity index (χ1v) is 6.13. The standard InChI is InChI=1S/C14H17N3O2/c1-11-9-12(10-15)17-14(16-11)19-8-7-18-13-5-3-2-4-6-13/h2-6,9H,7-8,10,15H2,1H3. The van der Waals surface area contributed by atoms with Crippen LogP contribution in [0.4, 0.5) is 0 Å². The van der Waals surface area contributed by atoms with Gasteiger partial charge in [0.25, 0.3) is 0 Å². The largest absolute Gasteiger partial charge is 0.490 e. The van der Waals surface area contributed by atoms with E-state index in [1.54, 1.807) is 0 Å². The number of aryl methyl sites for hydroxylation is 1. The third kappa shape index (κ3) is 4.22. The van der Waals surface area contributed by atoms with Gasteiger partial charge in [-0.15, -0.1) is 0 Å². The average molecular weight is 259 g/mol. The van der Waals surface area contributed by atoms with Crippen LogP contribution in [0.3, 0.4) is 0 Å². The molecule has 0 spiro atoms. The molecule has 100 valence electrons. The molecular weight excluding hydrogens is 242 g/mol. The topological polar surface area (TPSA) is 70.3 Å². The number of rotatable bonds is 6. The van der Waals surface area contributed by atoms with Crippen LogP contribution in [0.25, 0.3) is 0 Å². The molecule has 0 fully saturated rings. The maximum Gasteiger partial charge on any atom is 0.316 e. The number of ether oxygens (including phenoxy) is 2. The van der Waals surface area contributed by atoms with Gasteiger partial charge in [0.05, 0.1) is 5.69 Å². The van der Waals surface area contributed by atoms with Crippen LogP contribution in [0.5, 0.6) is 11.8 Å². The molecule has 0 bridgehead atoms. The van der Waals surface area contributed by atoms with Crippen molar-refractivity contribution < 1.29 is 9.47 Å². The Kier molecular flexibility index (Phi) is 4.69. The summed E-state index contributed by atoms with van der Waals surface area (Å²) in [7, 11) is 0. The molecule has 2 N–H and O–H groups in total. The lowest BCUT2D eigenvalue weighted by molar-refractivity contribution is 0.205. The van der Waals surface area contributed by atoms with Gasteiger partial charge in [-0.1, -0.05) is 18.2 Å². The quantitative estimate of drug-likeness (QED) is 0.799. The van der Waals surface area contributed by atoms with Crippen LogP contribution in [0.1, 0.15) is 11.4 Å². The Hall–Kier alpha value is -2.14. The van der Waals surface area contributed by atoms with E-state index >= 15 is 0 Å². The van der Waals surface area contributed by atoms with Crippen molar-refractivity contribution in [3.8, 4) is 11.8 Å². The van der Waals surface area contributed by atoms with E-state index in [-0.39, 0.29) is 0 Å². The Bertz CT molecular complexity index is 517. The van der Waals surface area contributed by atoms with Crippen molar-refractivity contribution in [1.29, 1.82) is 0 Å². The third-order valence-corrected chi connectivity index (χ3v) is 2.42. The summed E-state index contributed by atoms with van der Waals surface area (Å²) < 4.78 is 11.0. The molecule has 1 heterocycles. The van der Waals surface area contributed by atoms with E-state index in [0.29, 0.717) is 25.8 Å². The highest BCUT2D eigenvalue weighted by atomic mass is 16.5. The van der Waals surface area contributed by atoms with Crippen molar-refractivity contribution in [2.24, 2.45) is 5.73 Å². The second kappa shape index (κ2) is 6.70. The molecule has 0 saturated carbocycles. The second-order valence-electron chi connectivity index (χ2n) is 4.00. The molecule has 0 aliphatic rings. The first-order chi connectivity index (χ1) is 9.28. The van der Waals surface area contributed by atoms with Crippen molar-refractivity contribution in [3.63, 3.8) is 0 Å². The minimum Gasteiger partial charge on any atom is -0.490 e. The predicted octanol–water partition coefficient (Wildman–Crippen LogP) is 1.70. The Morgan fingerprint density at radius 3 is 2.53 bits per heavy atom. The van der Waals surface area contributed by atoms with Gasteiger partial charge in [0.2, 0.25) is 0 Å². The van der Waals surface area contributed by atoms with Gasteiger partial charge in [0.15, 0.2) is 0 Å². The molecule has 0 atom stereocenters. The molecule has 2 aromatic rings. The van der Waals surface area contributed by atoms with Crippen LogP contribution in [-0.4, -0.2) is 23.2 Å². The number of nitrogens with zero attached hydrogens (tertiary/aromatic N) is 2. The highest BCUT2D eigenvalue weighted by Crippen LogP contribution is 2.09. The summed E-state index contributed by atoms with van der Waals surface area (Å²) in [4.78, 5) is 8.36. The summed E-state index contributed by atoms with van der Waals surface area (Å²) in [6, 6.07) is 11.8. The molecular formula is C14H17N3O2. The molecule has 0 radical (unpaired) electrons. The Morgan fingerprint density at radius 1 is 1.05 bits per heavy atom. The van der Waals surface area contributed by atoms with E-state index in [2.05, 4.69) is 9.97 Å². The van der Waals surface area contributed by atoms with E-state index in [0.717, 1.165) is 17.1 Å². The first kappa shape index (κ1) is 13.3. The molecule has 19 heavy (non-hydrogen) atoms. The maximum absolute atomic E-state index is 5.55. The van der Waals surface area contributed by atoms with Crippen LogP contribution >= 0.6 is 0 Å². The van der Waals surface area contributed by atoms with Gasteiger partial charge >= 0.3 is 6.01 Å². The van der Waals surface area contributed by atoms with E-state index < -0.39 is 0 Å². The number of para-hydroxylation sites is 1. The van der Waals surface area contributed by atoms with Crippen LogP contribution < -0.4 is 15.2 Å². The number of aromatic nitrogens is 2. The summed E-state index contributed by atoms with van der Waals surface area (Å²) in [6.07, 6.45) is 0.